The van der Waals surface area contributed by atoms with Gasteiger partial charge in [-0.25, -0.2) is 9.97 Å². The number of amides is 1. The molecule has 2 heterocycles. The van der Waals surface area contributed by atoms with Crippen LogP contribution >= 0.6 is 0 Å². The predicted molar refractivity (Wildman–Crippen MR) is 123 cm³/mol. The Bertz CT molecular complexity index is 938. The summed E-state index contributed by atoms with van der Waals surface area (Å²) in [5.41, 5.74) is 0.964. The van der Waals surface area contributed by atoms with Gasteiger partial charge in [-0.2, -0.15) is 4.39 Å². The number of benzene rings is 1. The summed E-state index contributed by atoms with van der Waals surface area (Å²) in [6, 6.07) is 8.02. The van der Waals surface area contributed by atoms with Crippen LogP contribution < -0.4 is 20.3 Å². The van der Waals surface area contributed by atoms with E-state index in [-0.39, 0.29) is 23.7 Å². The topological polar surface area (TPSA) is 79.4 Å². The lowest BCUT2D eigenvalue weighted by Gasteiger charge is -2.19. The fourth-order valence-corrected chi connectivity index (χ4v) is 3.97. The molecule has 2 fully saturated rings. The van der Waals surface area contributed by atoms with Gasteiger partial charge in [0.05, 0.1) is 12.5 Å². The van der Waals surface area contributed by atoms with Gasteiger partial charge in [0.2, 0.25) is 11.7 Å². The smallest absolute Gasteiger partial charge is 0.227 e. The summed E-state index contributed by atoms with van der Waals surface area (Å²) in [6.07, 6.45) is 4.07. The summed E-state index contributed by atoms with van der Waals surface area (Å²) in [6.45, 7) is 7.98. The molecule has 2 N–H and O–H groups in total. The number of rotatable bonds is 9. The molecular weight excluding hydrogens is 409 g/mol. The molecule has 1 aromatic carbocycles. The van der Waals surface area contributed by atoms with Crippen LogP contribution in [0.1, 0.15) is 51.5 Å². The van der Waals surface area contributed by atoms with Crippen molar-refractivity contribution < 1.29 is 13.9 Å². The Labute approximate surface area is 188 Å². The standard InChI is InChI=1S/C24H32FN5O2/c1-4-10-26-22-21(25)23(28-14-27-22)30-11-9-19(13-30)32-18-7-5-17(6-8-18)16(3)24(31)29-20-12-15(20)2/h5-8,14-16,19-20H,4,9-13H2,1-3H3,(H,29,31)(H,26,27,28). The third-order valence-electron chi connectivity index (χ3n) is 6.27. The van der Waals surface area contributed by atoms with Crippen molar-refractivity contribution in [3.05, 3.63) is 42.0 Å². The van der Waals surface area contributed by atoms with Gasteiger partial charge < -0.3 is 20.3 Å². The first-order valence-corrected chi connectivity index (χ1v) is 11.5. The Morgan fingerprint density at radius 1 is 1.31 bits per heavy atom. The largest absolute Gasteiger partial charge is 0.489 e. The molecule has 2 aromatic rings. The van der Waals surface area contributed by atoms with E-state index in [4.69, 9.17) is 4.74 Å². The van der Waals surface area contributed by atoms with Gasteiger partial charge in [-0.1, -0.05) is 26.0 Å². The van der Waals surface area contributed by atoms with E-state index in [2.05, 4.69) is 27.5 Å². The number of nitrogens with one attached hydrogen (secondary N) is 2. The second-order valence-corrected chi connectivity index (χ2v) is 8.88. The minimum absolute atomic E-state index is 0.0562. The van der Waals surface area contributed by atoms with Gasteiger partial charge in [0.15, 0.2) is 11.6 Å². The Hall–Kier alpha value is -2.90. The molecule has 2 aliphatic rings. The Morgan fingerprint density at radius 3 is 2.75 bits per heavy atom. The van der Waals surface area contributed by atoms with E-state index in [1.165, 1.54) is 6.33 Å². The van der Waals surface area contributed by atoms with Crippen LogP contribution in [0.15, 0.2) is 30.6 Å². The SMILES string of the molecule is CCCNc1ncnc(N2CCC(Oc3ccc(C(C)C(=O)NC4CC4C)cc3)C2)c1F. The van der Waals surface area contributed by atoms with Crippen molar-refractivity contribution in [3.63, 3.8) is 0 Å². The molecule has 172 valence electrons. The van der Waals surface area contributed by atoms with Crippen LogP contribution in [-0.2, 0) is 4.79 Å². The number of carbonyl (C=O) groups excluding carboxylic acids is 1. The summed E-state index contributed by atoms with van der Waals surface area (Å²) in [4.78, 5) is 22.5. The van der Waals surface area contributed by atoms with E-state index in [1.54, 1.807) is 0 Å². The number of ether oxygens (including phenoxy) is 1. The normalized spacial score (nSPS) is 23.0. The van der Waals surface area contributed by atoms with Crippen molar-refractivity contribution in [3.8, 4) is 5.75 Å². The minimum atomic E-state index is -0.418. The van der Waals surface area contributed by atoms with Crippen LogP contribution in [-0.4, -0.2) is 47.7 Å². The van der Waals surface area contributed by atoms with Gasteiger partial charge in [-0.3, -0.25) is 4.79 Å². The van der Waals surface area contributed by atoms with E-state index < -0.39 is 5.82 Å². The summed E-state index contributed by atoms with van der Waals surface area (Å²) < 4.78 is 20.9. The molecule has 1 saturated heterocycles. The highest BCUT2D eigenvalue weighted by Gasteiger charge is 2.35. The number of hydrogen-bond acceptors (Lipinski definition) is 6. The lowest BCUT2D eigenvalue weighted by molar-refractivity contribution is -0.122. The average molecular weight is 442 g/mol. The fraction of sp³-hybridized carbons (Fsp3) is 0.542. The number of nitrogens with zero attached hydrogens (tertiary/aromatic N) is 3. The summed E-state index contributed by atoms with van der Waals surface area (Å²) in [7, 11) is 0. The van der Waals surface area contributed by atoms with Crippen molar-refractivity contribution in [1.29, 1.82) is 0 Å². The van der Waals surface area contributed by atoms with E-state index in [0.717, 1.165) is 30.6 Å². The third kappa shape index (κ3) is 5.11. The highest BCUT2D eigenvalue weighted by molar-refractivity contribution is 5.83. The predicted octanol–water partition coefficient (Wildman–Crippen LogP) is 3.72. The zero-order chi connectivity index (χ0) is 22.7. The Kier molecular flexibility index (Phi) is 6.77. The van der Waals surface area contributed by atoms with Crippen molar-refractivity contribution in [2.24, 2.45) is 5.92 Å². The molecule has 1 saturated carbocycles. The van der Waals surface area contributed by atoms with Gasteiger partial charge in [-0.15, -0.1) is 0 Å². The first kappa shape index (κ1) is 22.3. The second-order valence-electron chi connectivity index (χ2n) is 8.88. The fourth-order valence-electron chi connectivity index (χ4n) is 3.97. The van der Waals surface area contributed by atoms with Crippen LogP contribution in [0.4, 0.5) is 16.0 Å². The molecule has 32 heavy (non-hydrogen) atoms. The lowest BCUT2D eigenvalue weighted by Crippen LogP contribution is -2.30. The molecule has 7 nitrogen and oxygen atoms in total. The quantitative estimate of drug-likeness (QED) is 0.617. The summed E-state index contributed by atoms with van der Waals surface area (Å²) in [5.74, 6) is 1.34. The second kappa shape index (κ2) is 9.71. The van der Waals surface area contributed by atoms with Gasteiger partial charge in [0, 0.05) is 25.6 Å². The van der Waals surface area contributed by atoms with Crippen LogP contribution in [0.5, 0.6) is 5.75 Å². The van der Waals surface area contributed by atoms with Crippen LogP contribution in [0.2, 0.25) is 0 Å². The zero-order valence-corrected chi connectivity index (χ0v) is 19.0. The molecule has 1 aromatic heterocycles. The molecule has 0 spiro atoms. The van der Waals surface area contributed by atoms with Gasteiger partial charge in [0.1, 0.15) is 18.2 Å². The first-order chi connectivity index (χ1) is 15.5. The third-order valence-corrected chi connectivity index (χ3v) is 6.27. The Morgan fingerprint density at radius 2 is 2.06 bits per heavy atom. The van der Waals surface area contributed by atoms with E-state index in [9.17, 15) is 9.18 Å². The summed E-state index contributed by atoms with van der Waals surface area (Å²) in [5, 5.41) is 6.10. The van der Waals surface area contributed by atoms with Crippen molar-refractivity contribution in [2.45, 2.75) is 58.1 Å². The average Bonchev–Trinajstić information content (AvgIpc) is 3.29. The Balaban J connectivity index is 1.32. The molecule has 8 heteroatoms. The monoisotopic (exact) mass is 441 g/mol. The molecule has 4 unspecified atom stereocenters. The van der Waals surface area contributed by atoms with E-state index >= 15 is 0 Å². The van der Waals surface area contributed by atoms with E-state index in [1.807, 2.05) is 43.0 Å². The number of halogens is 1. The number of carbonyl (C=O) groups is 1. The van der Waals surface area contributed by atoms with Crippen LogP contribution in [0.3, 0.4) is 0 Å². The molecule has 4 atom stereocenters. The van der Waals surface area contributed by atoms with Crippen molar-refractivity contribution >= 4 is 17.5 Å². The van der Waals surface area contributed by atoms with Gasteiger partial charge in [-0.05, 0) is 43.4 Å². The number of anilines is 2. The molecule has 1 amide bonds. The molecule has 0 radical (unpaired) electrons. The lowest BCUT2D eigenvalue weighted by atomic mass is 10.0. The molecular formula is C24H32FN5O2. The first-order valence-electron chi connectivity index (χ1n) is 11.5. The van der Waals surface area contributed by atoms with Crippen molar-refractivity contribution in [1.82, 2.24) is 15.3 Å². The molecule has 4 rings (SSSR count). The highest BCUT2D eigenvalue weighted by atomic mass is 19.1. The highest BCUT2D eigenvalue weighted by Crippen LogP contribution is 2.31. The molecule has 1 aliphatic heterocycles. The maximum absolute atomic E-state index is 14.8. The van der Waals surface area contributed by atoms with E-state index in [0.29, 0.717) is 37.4 Å². The zero-order valence-electron chi connectivity index (χ0n) is 19.0. The summed E-state index contributed by atoms with van der Waals surface area (Å²) >= 11 is 0. The molecule has 0 bridgehead atoms. The van der Waals surface area contributed by atoms with Crippen LogP contribution in [0.25, 0.3) is 0 Å². The van der Waals surface area contributed by atoms with Crippen LogP contribution in [0, 0.1) is 11.7 Å². The minimum Gasteiger partial charge on any atom is -0.489 e. The number of hydrogen-bond donors (Lipinski definition) is 2. The maximum atomic E-state index is 14.8. The maximum Gasteiger partial charge on any atom is 0.227 e. The van der Waals surface area contributed by atoms with Crippen molar-refractivity contribution in [2.75, 3.05) is 29.9 Å². The molecule has 1 aliphatic carbocycles. The van der Waals surface area contributed by atoms with Gasteiger partial charge >= 0.3 is 0 Å². The number of aromatic nitrogens is 2. The van der Waals surface area contributed by atoms with Gasteiger partial charge in [0.25, 0.3) is 0 Å².